The van der Waals surface area contributed by atoms with Crippen molar-refractivity contribution in [3.8, 4) is 5.75 Å². The largest absolute Gasteiger partial charge is 0.497 e. The second kappa shape index (κ2) is 12.2. The number of hydrogen-bond donors (Lipinski definition) is 2. The first-order valence-corrected chi connectivity index (χ1v) is 12.0. The molecule has 1 aliphatic heterocycles. The molecule has 1 unspecified atom stereocenters. The van der Waals surface area contributed by atoms with Gasteiger partial charge in [0.15, 0.2) is 5.11 Å². The van der Waals surface area contributed by atoms with Crippen molar-refractivity contribution in [1.29, 1.82) is 0 Å². The summed E-state index contributed by atoms with van der Waals surface area (Å²) < 4.78 is 11.0. The quantitative estimate of drug-likeness (QED) is 0.499. The summed E-state index contributed by atoms with van der Waals surface area (Å²) in [6.07, 6.45) is 3.35. The number of fused-ring (bicyclic) bond motifs is 1. The van der Waals surface area contributed by atoms with Gasteiger partial charge in [-0.25, -0.2) is 0 Å². The van der Waals surface area contributed by atoms with Crippen LogP contribution < -0.4 is 15.6 Å². The number of hydrogen-bond acceptors (Lipinski definition) is 5. The monoisotopic (exact) mass is 460 g/mol. The third-order valence-corrected chi connectivity index (χ3v) is 6.48. The van der Waals surface area contributed by atoms with E-state index in [4.69, 9.17) is 21.7 Å². The van der Waals surface area contributed by atoms with E-state index in [0.29, 0.717) is 23.8 Å². The van der Waals surface area contributed by atoms with Gasteiger partial charge in [-0.05, 0) is 74.7 Å². The van der Waals surface area contributed by atoms with Crippen molar-refractivity contribution in [2.45, 2.75) is 45.8 Å². The maximum Gasteiger partial charge on any atom is 0.253 e. The molecule has 3 rings (SSSR count). The molecule has 8 heteroatoms. The zero-order valence-electron chi connectivity index (χ0n) is 19.5. The molecule has 1 saturated heterocycles. The molecule has 1 aromatic heterocycles. The molecule has 0 spiro atoms. The van der Waals surface area contributed by atoms with E-state index in [-0.39, 0.29) is 11.7 Å². The molecule has 0 radical (unpaired) electrons. The van der Waals surface area contributed by atoms with Gasteiger partial charge in [0, 0.05) is 31.3 Å². The Bertz CT molecular complexity index is 938. The Morgan fingerprint density at radius 1 is 1.28 bits per heavy atom. The number of nitrogens with one attached hydrogen (secondary N) is 2. The van der Waals surface area contributed by atoms with Crippen LogP contribution in [0.3, 0.4) is 0 Å². The Labute approximate surface area is 196 Å². The van der Waals surface area contributed by atoms with Crippen molar-refractivity contribution >= 4 is 28.2 Å². The Morgan fingerprint density at radius 3 is 2.78 bits per heavy atom. The van der Waals surface area contributed by atoms with Gasteiger partial charge in [0.1, 0.15) is 5.75 Å². The molecule has 1 aliphatic rings. The van der Waals surface area contributed by atoms with Crippen molar-refractivity contribution in [2.24, 2.45) is 0 Å². The number of aromatic amines is 1. The summed E-state index contributed by atoms with van der Waals surface area (Å²) in [7, 11) is 1.62. The van der Waals surface area contributed by atoms with Gasteiger partial charge in [-0.2, -0.15) is 0 Å². The van der Waals surface area contributed by atoms with Crippen LogP contribution in [0.1, 0.15) is 38.7 Å². The number of methoxy groups -OCH3 is 1. The van der Waals surface area contributed by atoms with Crippen LogP contribution >= 0.6 is 12.2 Å². The standard InChI is InChI=1S/C24H36N4O3S/c1-4-27(5-2)11-7-12-28(24(32)25-16-21-8-6-13-31-21)17-19-14-18-9-10-20(30-3)15-22(18)26-23(19)29/h9-10,14-15,21H,4-8,11-13,16-17H2,1-3H3,(H,25,32)(H,26,29). The number of rotatable bonds is 11. The third kappa shape index (κ3) is 6.67. The molecule has 0 aliphatic carbocycles. The van der Waals surface area contributed by atoms with Crippen molar-refractivity contribution in [3.63, 3.8) is 0 Å². The lowest BCUT2D eigenvalue weighted by Crippen LogP contribution is -2.44. The minimum absolute atomic E-state index is 0.0959. The normalized spacial score (nSPS) is 15.9. The van der Waals surface area contributed by atoms with Crippen LogP contribution in [-0.4, -0.2) is 72.4 Å². The Morgan fingerprint density at radius 2 is 2.09 bits per heavy atom. The number of nitrogens with zero attached hydrogens (tertiary/aromatic N) is 2. The number of ether oxygens (including phenoxy) is 2. The molecule has 2 heterocycles. The van der Waals surface area contributed by atoms with Crippen LogP contribution in [-0.2, 0) is 11.3 Å². The first-order chi connectivity index (χ1) is 15.5. The summed E-state index contributed by atoms with van der Waals surface area (Å²) in [5.74, 6) is 0.721. The highest BCUT2D eigenvalue weighted by Crippen LogP contribution is 2.19. The molecule has 1 fully saturated rings. The van der Waals surface area contributed by atoms with Crippen LogP contribution in [0.25, 0.3) is 10.9 Å². The maximum atomic E-state index is 12.8. The highest BCUT2D eigenvalue weighted by molar-refractivity contribution is 7.80. The average molecular weight is 461 g/mol. The minimum Gasteiger partial charge on any atom is -0.497 e. The predicted molar refractivity (Wildman–Crippen MR) is 134 cm³/mol. The Hall–Kier alpha value is -2.16. The van der Waals surface area contributed by atoms with Gasteiger partial charge < -0.3 is 29.6 Å². The lowest BCUT2D eigenvalue weighted by Gasteiger charge is -2.28. The minimum atomic E-state index is -0.0959. The SMILES string of the molecule is CCN(CC)CCCN(Cc1cc2ccc(OC)cc2[nH]c1=O)C(=S)NCC1CCCO1. The van der Waals surface area contributed by atoms with E-state index in [1.807, 2.05) is 24.3 Å². The Kier molecular flexibility index (Phi) is 9.32. The van der Waals surface area contributed by atoms with E-state index in [1.165, 1.54) is 0 Å². The lowest BCUT2D eigenvalue weighted by molar-refractivity contribution is 0.113. The predicted octanol–water partition coefficient (Wildman–Crippen LogP) is 3.12. The summed E-state index contributed by atoms with van der Waals surface area (Å²) in [6, 6.07) is 7.66. The zero-order chi connectivity index (χ0) is 22.9. The highest BCUT2D eigenvalue weighted by atomic mass is 32.1. The summed E-state index contributed by atoms with van der Waals surface area (Å²) in [6.45, 7) is 10.2. The molecule has 1 atom stereocenters. The first-order valence-electron chi connectivity index (χ1n) is 11.6. The van der Waals surface area contributed by atoms with Crippen molar-refractivity contribution in [2.75, 3.05) is 46.4 Å². The average Bonchev–Trinajstić information content (AvgIpc) is 3.33. The molecule has 2 aromatic rings. The molecular formula is C24H36N4O3S. The molecular weight excluding hydrogens is 424 g/mol. The van der Waals surface area contributed by atoms with Crippen molar-refractivity contribution in [3.05, 3.63) is 40.2 Å². The summed E-state index contributed by atoms with van der Waals surface area (Å²) in [4.78, 5) is 20.3. The van der Waals surface area contributed by atoms with E-state index in [1.54, 1.807) is 7.11 Å². The van der Waals surface area contributed by atoms with Gasteiger partial charge >= 0.3 is 0 Å². The molecule has 7 nitrogen and oxygen atoms in total. The van der Waals surface area contributed by atoms with Gasteiger partial charge in [-0.15, -0.1) is 0 Å². The maximum absolute atomic E-state index is 12.8. The van der Waals surface area contributed by atoms with E-state index >= 15 is 0 Å². The number of H-pyrrole nitrogens is 1. The zero-order valence-corrected chi connectivity index (χ0v) is 20.3. The van der Waals surface area contributed by atoms with Crippen LogP contribution in [0.2, 0.25) is 0 Å². The van der Waals surface area contributed by atoms with Gasteiger partial charge in [-0.3, -0.25) is 4.79 Å². The topological polar surface area (TPSA) is 69.8 Å². The van der Waals surface area contributed by atoms with Gasteiger partial charge in [0.05, 0.1) is 25.3 Å². The molecule has 32 heavy (non-hydrogen) atoms. The van der Waals surface area contributed by atoms with Crippen LogP contribution in [0, 0.1) is 0 Å². The number of aromatic nitrogens is 1. The first kappa shape index (κ1) is 24.5. The number of thiocarbonyl (C=S) groups is 1. The second-order valence-corrected chi connectivity index (χ2v) is 8.59. The molecule has 2 N–H and O–H groups in total. The molecule has 176 valence electrons. The Balaban J connectivity index is 1.73. The summed E-state index contributed by atoms with van der Waals surface area (Å²) in [5.41, 5.74) is 1.37. The number of benzene rings is 1. The van der Waals surface area contributed by atoms with E-state index in [0.717, 1.165) is 68.7 Å². The summed E-state index contributed by atoms with van der Waals surface area (Å²) >= 11 is 5.73. The summed E-state index contributed by atoms with van der Waals surface area (Å²) in [5, 5.41) is 5.02. The fraction of sp³-hybridized carbons (Fsp3) is 0.583. The lowest BCUT2D eigenvalue weighted by atomic mass is 10.1. The highest BCUT2D eigenvalue weighted by Gasteiger charge is 2.18. The van der Waals surface area contributed by atoms with Gasteiger partial charge in [0.25, 0.3) is 5.56 Å². The van der Waals surface area contributed by atoms with E-state index in [9.17, 15) is 4.79 Å². The molecule has 1 aromatic carbocycles. The van der Waals surface area contributed by atoms with Gasteiger partial charge in [-0.1, -0.05) is 13.8 Å². The fourth-order valence-electron chi connectivity index (χ4n) is 4.07. The second-order valence-electron chi connectivity index (χ2n) is 8.20. The van der Waals surface area contributed by atoms with Crippen LogP contribution in [0.15, 0.2) is 29.1 Å². The van der Waals surface area contributed by atoms with Gasteiger partial charge in [0.2, 0.25) is 0 Å². The molecule has 0 bridgehead atoms. The third-order valence-electron chi connectivity index (χ3n) is 6.08. The van der Waals surface area contributed by atoms with Crippen molar-refractivity contribution in [1.82, 2.24) is 20.1 Å². The fourth-order valence-corrected chi connectivity index (χ4v) is 4.31. The van der Waals surface area contributed by atoms with E-state index in [2.05, 4.69) is 33.9 Å². The van der Waals surface area contributed by atoms with Crippen molar-refractivity contribution < 1.29 is 9.47 Å². The van der Waals surface area contributed by atoms with E-state index < -0.39 is 0 Å². The van der Waals surface area contributed by atoms with Crippen LogP contribution in [0.4, 0.5) is 0 Å². The number of pyridine rings is 1. The molecule has 0 saturated carbocycles. The smallest absolute Gasteiger partial charge is 0.253 e. The van der Waals surface area contributed by atoms with Crippen LogP contribution in [0.5, 0.6) is 5.75 Å². The molecule has 0 amide bonds.